The van der Waals surface area contributed by atoms with Gasteiger partial charge < -0.3 is 15.5 Å². The van der Waals surface area contributed by atoms with Crippen LogP contribution in [0.5, 0.6) is 0 Å². The Kier molecular flexibility index (Phi) is 5.65. The van der Waals surface area contributed by atoms with Crippen molar-refractivity contribution in [1.29, 1.82) is 0 Å². The molecule has 4 rings (SSSR count). The Hall–Kier alpha value is -3.75. The van der Waals surface area contributed by atoms with E-state index in [0.717, 1.165) is 12.1 Å². The summed E-state index contributed by atoms with van der Waals surface area (Å²) in [6, 6.07) is 19.2. The van der Waals surface area contributed by atoms with E-state index < -0.39 is 23.9 Å². The summed E-state index contributed by atoms with van der Waals surface area (Å²) in [5, 5.41) is 21.9. The number of carbonyl (C=O) groups is 1. The first-order valence-corrected chi connectivity index (χ1v) is 9.57. The van der Waals surface area contributed by atoms with Gasteiger partial charge in [0.1, 0.15) is 5.82 Å². The lowest BCUT2D eigenvalue weighted by atomic mass is 9.98. The number of rotatable bonds is 4. The van der Waals surface area contributed by atoms with Crippen LogP contribution < -0.4 is 5.32 Å². The molecule has 8 heteroatoms. The summed E-state index contributed by atoms with van der Waals surface area (Å²) in [5.41, 5.74) is 1.35. The molecule has 1 aromatic heterocycles. The molecule has 0 fully saturated rings. The van der Waals surface area contributed by atoms with Gasteiger partial charge >= 0.3 is 6.18 Å². The van der Waals surface area contributed by atoms with Gasteiger partial charge in [-0.1, -0.05) is 36.4 Å². The van der Waals surface area contributed by atoms with Crippen molar-refractivity contribution in [2.24, 2.45) is 0 Å². The van der Waals surface area contributed by atoms with Crippen LogP contribution in [-0.4, -0.2) is 21.1 Å². The Balaban J connectivity index is 1.61. The molecule has 0 saturated heterocycles. The summed E-state index contributed by atoms with van der Waals surface area (Å²) in [7, 11) is 0. The van der Waals surface area contributed by atoms with Gasteiger partial charge in [-0.15, -0.1) is 0 Å². The van der Waals surface area contributed by atoms with Crippen LogP contribution in [0.15, 0.2) is 78.9 Å². The normalized spacial score (nSPS) is 11.7. The van der Waals surface area contributed by atoms with E-state index in [1.165, 1.54) is 18.2 Å². The third kappa shape index (κ3) is 4.46. The molecule has 0 aliphatic heterocycles. The highest BCUT2D eigenvalue weighted by Gasteiger charge is 2.30. The van der Waals surface area contributed by atoms with Crippen molar-refractivity contribution in [3.05, 3.63) is 95.6 Å². The van der Waals surface area contributed by atoms with E-state index in [2.05, 4.69) is 10.3 Å². The lowest BCUT2D eigenvalue weighted by Gasteiger charge is -2.12. The molecular formula is C24H17F3N2O3. The van der Waals surface area contributed by atoms with E-state index in [1.54, 1.807) is 48.5 Å². The minimum atomic E-state index is -4.44. The van der Waals surface area contributed by atoms with Crippen LogP contribution in [0.3, 0.4) is 0 Å². The molecule has 5 nitrogen and oxygen atoms in total. The number of alkyl halides is 3. The monoisotopic (exact) mass is 438 g/mol. The van der Waals surface area contributed by atoms with E-state index in [9.17, 15) is 28.2 Å². The fourth-order valence-electron chi connectivity index (χ4n) is 3.33. The van der Waals surface area contributed by atoms with Gasteiger partial charge in [0.2, 0.25) is 0 Å². The van der Waals surface area contributed by atoms with Gasteiger partial charge in [0.05, 0.1) is 11.1 Å². The number of hydrogen-bond donors (Lipinski definition) is 3. The summed E-state index contributed by atoms with van der Waals surface area (Å²) >= 11 is 0. The molecule has 0 unspecified atom stereocenters. The molecule has 3 aromatic carbocycles. The number of amides is 1. The first-order valence-electron chi connectivity index (χ1n) is 9.57. The summed E-state index contributed by atoms with van der Waals surface area (Å²) < 4.78 is 38.5. The largest absolute Gasteiger partial charge is 0.416 e. The number of benzene rings is 3. The van der Waals surface area contributed by atoms with Crippen molar-refractivity contribution < 1.29 is 28.2 Å². The molecule has 3 N–H and O–H groups in total. The average Bonchev–Trinajstić information content (AvgIpc) is 2.78. The van der Waals surface area contributed by atoms with E-state index in [0.29, 0.717) is 27.6 Å². The topological polar surface area (TPSA) is 82.5 Å². The van der Waals surface area contributed by atoms with Gasteiger partial charge in [0, 0.05) is 16.5 Å². The molecule has 0 radical (unpaired) electrons. The van der Waals surface area contributed by atoms with Crippen LogP contribution >= 0.6 is 0 Å². The van der Waals surface area contributed by atoms with Crippen LogP contribution in [0.2, 0.25) is 0 Å². The second-order valence-corrected chi connectivity index (χ2v) is 7.10. The van der Waals surface area contributed by atoms with Gasteiger partial charge in [-0.25, -0.2) is 4.98 Å². The van der Waals surface area contributed by atoms with Gasteiger partial charge in [0.15, 0.2) is 6.29 Å². The Bertz CT molecular complexity index is 1290. The zero-order valence-electron chi connectivity index (χ0n) is 16.5. The Labute approximate surface area is 180 Å². The number of pyridine rings is 1. The maximum Gasteiger partial charge on any atom is 0.416 e. The predicted molar refractivity (Wildman–Crippen MR) is 114 cm³/mol. The standard InChI is InChI=1S/C24H17F3N2O3/c25-24(26,27)17-9-5-14(6-10-17)18-3-1-2-4-19(18)22(30)29-21-12-8-15-13-16(23(31)32)7-11-20(15)28-21/h1-13,23,31-32H,(H,28,29,30). The van der Waals surface area contributed by atoms with Gasteiger partial charge in [-0.3, -0.25) is 4.79 Å². The van der Waals surface area contributed by atoms with Crippen molar-refractivity contribution in [2.75, 3.05) is 5.32 Å². The van der Waals surface area contributed by atoms with Crippen molar-refractivity contribution in [3.63, 3.8) is 0 Å². The third-order valence-corrected chi connectivity index (χ3v) is 4.95. The van der Waals surface area contributed by atoms with E-state index >= 15 is 0 Å². The number of anilines is 1. The first kappa shape index (κ1) is 21.5. The number of carbonyl (C=O) groups excluding carboxylic acids is 1. The Morgan fingerprint density at radius 1 is 0.906 bits per heavy atom. The molecule has 32 heavy (non-hydrogen) atoms. The van der Waals surface area contributed by atoms with Gasteiger partial charge in [0.25, 0.3) is 5.91 Å². The van der Waals surface area contributed by atoms with E-state index in [4.69, 9.17) is 0 Å². The van der Waals surface area contributed by atoms with Crippen molar-refractivity contribution in [1.82, 2.24) is 4.98 Å². The van der Waals surface area contributed by atoms with Crippen LogP contribution in [0.1, 0.15) is 27.8 Å². The maximum atomic E-state index is 12.9. The fraction of sp³-hybridized carbons (Fsp3) is 0.0833. The van der Waals surface area contributed by atoms with E-state index in [-0.39, 0.29) is 11.4 Å². The zero-order chi connectivity index (χ0) is 22.9. The van der Waals surface area contributed by atoms with Gasteiger partial charge in [-0.2, -0.15) is 13.2 Å². The highest BCUT2D eigenvalue weighted by atomic mass is 19.4. The highest BCUT2D eigenvalue weighted by molar-refractivity contribution is 6.08. The minimum Gasteiger partial charge on any atom is -0.364 e. The lowest BCUT2D eigenvalue weighted by molar-refractivity contribution is -0.137. The number of nitrogens with one attached hydrogen (secondary N) is 1. The molecule has 0 spiro atoms. The minimum absolute atomic E-state index is 0.280. The molecule has 4 aromatic rings. The number of aromatic nitrogens is 1. The smallest absolute Gasteiger partial charge is 0.364 e. The molecule has 0 atom stereocenters. The van der Waals surface area contributed by atoms with Crippen LogP contribution in [-0.2, 0) is 6.18 Å². The van der Waals surface area contributed by atoms with E-state index in [1.807, 2.05) is 0 Å². The molecule has 0 aliphatic carbocycles. The fourth-order valence-corrected chi connectivity index (χ4v) is 3.33. The Morgan fingerprint density at radius 3 is 2.31 bits per heavy atom. The van der Waals surface area contributed by atoms with Crippen molar-refractivity contribution in [2.45, 2.75) is 12.5 Å². The molecule has 1 amide bonds. The number of aliphatic hydroxyl groups excluding tert-OH is 1. The van der Waals surface area contributed by atoms with Crippen LogP contribution in [0.25, 0.3) is 22.0 Å². The first-order chi connectivity index (χ1) is 15.2. The highest BCUT2D eigenvalue weighted by Crippen LogP contribution is 2.32. The third-order valence-electron chi connectivity index (χ3n) is 4.95. The molecular weight excluding hydrogens is 421 g/mol. The summed E-state index contributed by atoms with van der Waals surface area (Å²) in [6.07, 6.45) is -6.03. The van der Waals surface area contributed by atoms with Crippen molar-refractivity contribution >= 4 is 22.6 Å². The number of aliphatic hydroxyl groups is 2. The molecule has 1 heterocycles. The Morgan fingerprint density at radius 2 is 1.62 bits per heavy atom. The molecule has 0 bridgehead atoms. The lowest BCUT2D eigenvalue weighted by Crippen LogP contribution is -2.14. The number of hydrogen-bond acceptors (Lipinski definition) is 4. The number of nitrogens with zero attached hydrogens (tertiary/aromatic N) is 1. The quantitative estimate of drug-likeness (QED) is 0.385. The number of halogens is 3. The predicted octanol–water partition coefficient (Wildman–Crippen LogP) is 5.16. The summed E-state index contributed by atoms with van der Waals surface area (Å²) in [6.45, 7) is 0. The van der Waals surface area contributed by atoms with Crippen LogP contribution in [0, 0.1) is 0 Å². The van der Waals surface area contributed by atoms with Crippen LogP contribution in [0.4, 0.5) is 19.0 Å². The van der Waals surface area contributed by atoms with Gasteiger partial charge in [-0.05, 0) is 53.6 Å². The second kappa shape index (κ2) is 8.41. The average molecular weight is 438 g/mol. The van der Waals surface area contributed by atoms with Crippen molar-refractivity contribution in [3.8, 4) is 11.1 Å². The second-order valence-electron chi connectivity index (χ2n) is 7.10. The summed E-state index contributed by atoms with van der Waals surface area (Å²) in [5.74, 6) is -0.184. The zero-order valence-corrected chi connectivity index (χ0v) is 16.5. The number of fused-ring (bicyclic) bond motifs is 1. The molecule has 0 saturated carbocycles. The summed E-state index contributed by atoms with van der Waals surface area (Å²) in [4.78, 5) is 17.3. The molecule has 0 aliphatic rings. The molecule has 162 valence electrons. The SMILES string of the molecule is O=C(Nc1ccc2cc(C(O)O)ccc2n1)c1ccccc1-c1ccc(C(F)(F)F)cc1. The maximum absolute atomic E-state index is 12.9.